The molecule has 90 valence electrons. The van der Waals surface area contributed by atoms with Gasteiger partial charge in [0.15, 0.2) is 0 Å². The van der Waals surface area contributed by atoms with E-state index in [1.165, 1.54) is 0 Å². The fourth-order valence-electron chi connectivity index (χ4n) is 1.29. The molecule has 0 saturated carbocycles. The summed E-state index contributed by atoms with van der Waals surface area (Å²) in [6.07, 6.45) is 1.80. The van der Waals surface area contributed by atoms with Crippen LogP contribution in [0.15, 0.2) is 27.6 Å². The first-order valence-corrected chi connectivity index (χ1v) is 6.18. The third kappa shape index (κ3) is 4.92. The van der Waals surface area contributed by atoms with Gasteiger partial charge in [-0.2, -0.15) is 0 Å². The second-order valence-electron chi connectivity index (χ2n) is 3.33. The minimum atomic E-state index is 0.0230. The van der Waals surface area contributed by atoms with Crippen LogP contribution in [0.5, 0.6) is 0 Å². The molecule has 0 amide bonds. The molecule has 0 radical (unpaired) electrons. The average molecular weight is 289 g/mol. The number of hydrogen-bond acceptors (Lipinski definition) is 3. The van der Waals surface area contributed by atoms with Crippen LogP contribution in [0, 0.1) is 0 Å². The molecule has 0 atom stereocenters. The minimum absolute atomic E-state index is 0.0230. The lowest BCUT2D eigenvalue weighted by Crippen LogP contribution is -2.28. The van der Waals surface area contributed by atoms with Crippen molar-refractivity contribution in [2.45, 2.75) is 13.5 Å². The van der Waals surface area contributed by atoms with Crippen LogP contribution < -0.4 is 10.9 Å². The first-order chi connectivity index (χ1) is 7.74. The Kier molecular flexibility index (Phi) is 6.37. The molecule has 1 rings (SSSR count). The first-order valence-electron chi connectivity index (χ1n) is 5.38. The Morgan fingerprint density at radius 1 is 1.44 bits per heavy atom. The highest BCUT2D eigenvalue weighted by atomic mass is 79.9. The van der Waals surface area contributed by atoms with Crippen LogP contribution in [0.1, 0.15) is 6.92 Å². The van der Waals surface area contributed by atoms with Crippen molar-refractivity contribution >= 4 is 15.9 Å². The molecule has 0 fully saturated rings. The number of nitrogens with one attached hydrogen (secondary N) is 1. The Morgan fingerprint density at radius 3 is 3.00 bits per heavy atom. The standard InChI is InChI=1S/C11H17BrN2O2/c1-2-16-8-6-13-5-7-14-9-10(12)3-4-11(14)15/h3-4,9,13H,2,5-8H2,1H3. The van der Waals surface area contributed by atoms with E-state index in [1.54, 1.807) is 22.9 Å². The fourth-order valence-corrected chi connectivity index (χ4v) is 1.67. The Balaban J connectivity index is 2.26. The van der Waals surface area contributed by atoms with E-state index in [1.807, 2.05) is 6.92 Å². The maximum absolute atomic E-state index is 11.4. The van der Waals surface area contributed by atoms with Gasteiger partial charge in [-0.1, -0.05) is 0 Å². The van der Waals surface area contributed by atoms with Gasteiger partial charge in [0.05, 0.1) is 6.61 Å². The highest BCUT2D eigenvalue weighted by molar-refractivity contribution is 9.10. The summed E-state index contributed by atoms with van der Waals surface area (Å²) < 4.78 is 7.79. The third-order valence-corrected chi connectivity index (χ3v) is 2.57. The largest absolute Gasteiger partial charge is 0.380 e. The van der Waals surface area contributed by atoms with Crippen molar-refractivity contribution in [2.24, 2.45) is 0 Å². The molecule has 0 spiro atoms. The summed E-state index contributed by atoms with van der Waals surface area (Å²) >= 11 is 3.34. The number of hydrogen-bond donors (Lipinski definition) is 1. The van der Waals surface area contributed by atoms with Gasteiger partial charge >= 0.3 is 0 Å². The summed E-state index contributed by atoms with van der Waals surface area (Å²) in [6, 6.07) is 3.31. The van der Waals surface area contributed by atoms with Crippen LogP contribution in [0.3, 0.4) is 0 Å². The summed E-state index contributed by atoms with van der Waals surface area (Å²) in [6.45, 7) is 5.68. The fraction of sp³-hybridized carbons (Fsp3) is 0.545. The van der Waals surface area contributed by atoms with Crippen molar-refractivity contribution in [1.29, 1.82) is 0 Å². The van der Waals surface area contributed by atoms with Crippen molar-refractivity contribution in [2.75, 3.05) is 26.3 Å². The Labute approximate surface area is 104 Å². The van der Waals surface area contributed by atoms with Gasteiger partial charge in [-0.3, -0.25) is 4.79 Å². The van der Waals surface area contributed by atoms with Crippen LogP contribution in [0.4, 0.5) is 0 Å². The highest BCUT2D eigenvalue weighted by Gasteiger charge is 1.96. The Hall–Kier alpha value is -0.650. The van der Waals surface area contributed by atoms with E-state index in [9.17, 15) is 4.79 Å². The summed E-state index contributed by atoms with van der Waals surface area (Å²) in [5, 5.41) is 3.22. The molecule has 1 aromatic heterocycles. The number of aromatic nitrogens is 1. The van der Waals surface area contributed by atoms with Gasteiger partial charge in [-0.15, -0.1) is 0 Å². The van der Waals surface area contributed by atoms with E-state index in [2.05, 4.69) is 21.2 Å². The van der Waals surface area contributed by atoms with Crippen LogP contribution >= 0.6 is 15.9 Å². The lowest BCUT2D eigenvalue weighted by Gasteiger charge is -2.07. The van der Waals surface area contributed by atoms with Crippen molar-refractivity contribution < 1.29 is 4.74 Å². The molecule has 1 aromatic rings. The monoisotopic (exact) mass is 288 g/mol. The van der Waals surface area contributed by atoms with E-state index in [4.69, 9.17) is 4.74 Å². The first kappa shape index (κ1) is 13.4. The summed E-state index contributed by atoms with van der Waals surface area (Å²) in [5.74, 6) is 0. The molecule has 0 unspecified atom stereocenters. The molecule has 4 nitrogen and oxygen atoms in total. The normalized spacial score (nSPS) is 10.6. The number of rotatable bonds is 7. The highest BCUT2D eigenvalue weighted by Crippen LogP contribution is 2.04. The molecule has 0 aliphatic heterocycles. The van der Waals surface area contributed by atoms with Crippen molar-refractivity contribution in [1.82, 2.24) is 9.88 Å². The van der Waals surface area contributed by atoms with Crippen molar-refractivity contribution in [3.63, 3.8) is 0 Å². The number of nitrogens with zero attached hydrogens (tertiary/aromatic N) is 1. The predicted octanol–water partition coefficient (Wildman–Crippen LogP) is 1.24. The zero-order valence-corrected chi connectivity index (χ0v) is 11.0. The van der Waals surface area contributed by atoms with E-state index in [0.29, 0.717) is 13.2 Å². The minimum Gasteiger partial charge on any atom is -0.380 e. The van der Waals surface area contributed by atoms with Gasteiger partial charge in [0.1, 0.15) is 0 Å². The van der Waals surface area contributed by atoms with Gasteiger partial charge in [-0.25, -0.2) is 0 Å². The molecule has 1 N–H and O–H groups in total. The summed E-state index contributed by atoms with van der Waals surface area (Å²) in [7, 11) is 0. The molecule has 0 aromatic carbocycles. The lowest BCUT2D eigenvalue weighted by molar-refractivity contribution is 0.149. The maximum Gasteiger partial charge on any atom is 0.250 e. The quantitative estimate of drug-likeness (QED) is 0.768. The van der Waals surface area contributed by atoms with Gasteiger partial charge < -0.3 is 14.6 Å². The molecular formula is C11H17BrN2O2. The summed E-state index contributed by atoms with van der Waals surface area (Å²) in [5.41, 5.74) is 0.0230. The molecule has 16 heavy (non-hydrogen) atoms. The van der Waals surface area contributed by atoms with Crippen LogP contribution in [-0.2, 0) is 11.3 Å². The zero-order valence-electron chi connectivity index (χ0n) is 9.41. The SMILES string of the molecule is CCOCCNCCn1cc(Br)ccc1=O. The van der Waals surface area contributed by atoms with Gasteiger partial charge in [0.2, 0.25) is 0 Å². The number of pyridine rings is 1. The Morgan fingerprint density at radius 2 is 2.25 bits per heavy atom. The zero-order chi connectivity index (χ0) is 11.8. The summed E-state index contributed by atoms with van der Waals surface area (Å²) in [4.78, 5) is 11.4. The topological polar surface area (TPSA) is 43.3 Å². The Bertz CT molecular complexity index is 365. The second-order valence-corrected chi connectivity index (χ2v) is 4.24. The van der Waals surface area contributed by atoms with E-state index < -0.39 is 0 Å². The number of ether oxygens (including phenoxy) is 1. The van der Waals surface area contributed by atoms with Gasteiger partial charge in [-0.05, 0) is 28.9 Å². The van der Waals surface area contributed by atoms with Crippen LogP contribution in [-0.4, -0.2) is 30.9 Å². The molecule has 0 aliphatic rings. The molecular weight excluding hydrogens is 272 g/mol. The second kappa shape index (κ2) is 7.60. The van der Waals surface area contributed by atoms with Crippen molar-refractivity contribution in [3.05, 3.63) is 33.2 Å². The molecule has 5 heteroatoms. The maximum atomic E-state index is 11.4. The predicted molar refractivity (Wildman–Crippen MR) is 67.8 cm³/mol. The van der Waals surface area contributed by atoms with Gasteiger partial charge in [0, 0.05) is 43.0 Å². The molecule has 1 heterocycles. The van der Waals surface area contributed by atoms with Crippen LogP contribution in [0.2, 0.25) is 0 Å². The van der Waals surface area contributed by atoms with Gasteiger partial charge in [0.25, 0.3) is 5.56 Å². The lowest BCUT2D eigenvalue weighted by atomic mass is 10.4. The smallest absolute Gasteiger partial charge is 0.250 e. The van der Waals surface area contributed by atoms with Crippen molar-refractivity contribution in [3.8, 4) is 0 Å². The van der Waals surface area contributed by atoms with E-state index in [-0.39, 0.29) is 5.56 Å². The van der Waals surface area contributed by atoms with E-state index >= 15 is 0 Å². The van der Waals surface area contributed by atoms with Crippen LogP contribution in [0.25, 0.3) is 0 Å². The number of halogens is 1. The molecule has 0 bridgehead atoms. The van der Waals surface area contributed by atoms with E-state index in [0.717, 1.165) is 24.2 Å². The average Bonchev–Trinajstić information content (AvgIpc) is 2.28. The third-order valence-electron chi connectivity index (χ3n) is 2.10. The molecule has 0 aliphatic carbocycles. The molecule has 0 saturated heterocycles.